The first-order valence-electron chi connectivity index (χ1n) is 5.97. The van der Waals surface area contributed by atoms with Crippen molar-refractivity contribution in [3.63, 3.8) is 0 Å². The van der Waals surface area contributed by atoms with Crippen molar-refractivity contribution in [2.75, 3.05) is 17.7 Å². The average molecular weight is 320 g/mol. The van der Waals surface area contributed by atoms with Crippen molar-refractivity contribution in [1.82, 2.24) is 0 Å². The fraction of sp³-hybridized carbons (Fsp3) is 0.385. The third-order valence-electron chi connectivity index (χ3n) is 2.31. The van der Waals surface area contributed by atoms with Gasteiger partial charge in [-0.3, -0.25) is 9.59 Å². The van der Waals surface area contributed by atoms with Crippen molar-refractivity contribution in [3.05, 3.63) is 29.0 Å². The van der Waals surface area contributed by atoms with Gasteiger partial charge in [0.25, 0.3) is 0 Å². The zero-order valence-electron chi connectivity index (χ0n) is 11.1. The number of hydrogen-bond acceptors (Lipinski definition) is 4. The van der Waals surface area contributed by atoms with Crippen LogP contribution in [-0.2, 0) is 14.3 Å². The van der Waals surface area contributed by atoms with Gasteiger partial charge in [-0.05, 0) is 32.0 Å². The molecule has 0 aromatic heterocycles. The molecule has 0 aliphatic carbocycles. The number of amides is 1. The minimum Gasteiger partial charge on any atom is -0.465 e. The van der Waals surface area contributed by atoms with Crippen LogP contribution in [0.2, 0.25) is 5.02 Å². The smallest absolute Gasteiger partial charge is 0.315 e. The van der Waals surface area contributed by atoms with Gasteiger partial charge in [0.15, 0.2) is 0 Å². The Bertz CT molecular complexity index is 499. The van der Waals surface area contributed by atoms with E-state index in [4.69, 9.17) is 16.3 Å². The lowest BCUT2D eigenvalue weighted by atomic mass is 10.3. The van der Waals surface area contributed by atoms with Crippen molar-refractivity contribution in [3.8, 4) is 0 Å². The Morgan fingerprint density at radius 3 is 2.80 bits per heavy atom. The summed E-state index contributed by atoms with van der Waals surface area (Å²) in [5.41, 5.74) is 0.335. The van der Waals surface area contributed by atoms with Gasteiger partial charge in [-0.25, -0.2) is 4.39 Å². The largest absolute Gasteiger partial charge is 0.465 e. The van der Waals surface area contributed by atoms with Gasteiger partial charge in [-0.1, -0.05) is 11.6 Å². The van der Waals surface area contributed by atoms with Crippen molar-refractivity contribution in [2.45, 2.75) is 19.1 Å². The standard InChI is InChI=1S/C13H15ClFNO3S/c1-3-19-12(17)7-20-8(2)13(18)16-11-5-4-9(15)6-10(11)14/h4-6,8H,3,7H2,1-2H3,(H,16,18)/t8-/m1/s1. The van der Waals surface area contributed by atoms with Crippen LogP contribution in [0.4, 0.5) is 10.1 Å². The van der Waals surface area contributed by atoms with E-state index < -0.39 is 11.1 Å². The zero-order valence-corrected chi connectivity index (χ0v) is 12.7. The number of nitrogens with one attached hydrogen (secondary N) is 1. The number of thioether (sulfide) groups is 1. The Kier molecular flexibility index (Phi) is 6.81. The zero-order chi connectivity index (χ0) is 15.1. The summed E-state index contributed by atoms with van der Waals surface area (Å²) in [6, 6.07) is 3.71. The topological polar surface area (TPSA) is 55.4 Å². The second kappa shape index (κ2) is 8.11. The van der Waals surface area contributed by atoms with E-state index in [1.54, 1.807) is 13.8 Å². The van der Waals surface area contributed by atoms with Crippen LogP contribution < -0.4 is 5.32 Å². The molecule has 0 heterocycles. The molecule has 1 rings (SSSR count). The maximum absolute atomic E-state index is 12.9. The summed E-state index contributed by atoms with van der Waals surface area (Å²) < 4.78 is 17.6. The highest BCUT2D eigenvalue weighted by atomic mass is 35.5. The summed E-state index contributed by atoms with van der Waals surface area (Å²) in [4.78, 5) is 23.1. The van der Waals surface area contributed by atoms with E-state index >= 15 is 0 Å². The van der Waals surface area contributed by atoms with E-state index in [-0.39, 0.29) is 22.7 Å². The third kappa shape index (κ3) is 5.38. The number of hydrogen-bond donors (Lipinski definition) is 1. The quantitative estimate of drug-likeness (QED) is 0.819. The summed E-state index contributed by atoms with van der Waals surface area (Å²) >= 11 is 6.97. The molecule has 1 amide bonds. The Morgan fingerprint density at radius 2 is 2.20 bits per heavy atom. The molecule has 110 valence electrons. The van der Waals surface area contributed by atoms with Gasteiger partial charge in [0, 0.05) is 0 Å². The number of esters is 1. The average Bonchev–Trinajstić information content (AvgIpc) is 2.39. The Balaban J connectivity index is 2.51. The molecule has 0 aliphatic heterocycles. The van der Waals surface area contributed by atoms with Crippen molar-refractivity contribution >= 4 is 40.9 Å². The number of carbonyl (C=O) groups is 2. The predicted octanol–water partition coefficient (Wildman–Crippen LogP) is 3.10. The lowest BCUT2D eigenvalue weighted by Gasteiger charge is -2.12. The van der Waals surface area contributed by atoms with Crippen LogP contribution in [0.1, 0.15) is 13.8 Å². The van der Waals surface area contributed by atoms with E-state index in [0.717, 1.165) is 17.8 Å². The highest BCUT2D eigenvalue weighted by molar-refractivity contribution is 8.01. The van der Waals surface area contributed by atoms with E-state index in [1.165, 1.54) is 12.1 Å². The Morgan fingerprint density at radius 1 is 1.50 bits per heavy atom. The lowest BCUT2D eigenvalue weighted by Crippen LogP contribution is -2.24. The normalized spacial score (nSPS) is 11.8. The number of carbonyl (C=O) groups excluding carboxylic acids is 2. The van der Waals surface area contributed by atoms with Crippen molar-refractivity contribution < 1.29 is 18.7 Å². The van der Waals surface area contributed by atoms with Crippen LogP contribution >= 0.6 is 23.4 Å². The molecule has 0 fully saturated rings. The molecule has 0 spiro atoms. The maximum atomic E-state index is 12.9. The van der Waals surface area contributed by atoms with Crippen molar-refractivity contribution in [2.24, 2.45) is 0 Å². The number of benzene rings is 1. The molecule has 1 aromatic rings. The van der Waals surface area contributed by atoms with E-state index in [2.05, 4.69) is 5.32 Å². The second-order valence-corrected chi connectivity index (χ2v) is 5.61. The highest BCUT2D eigenvalue weighted by Gasteiger charge is 2.16. The highest BCUT2D eigenvalue weighted by Crippen LogP contribution is 2.23. The Hall–Kier alpha value is -1.27. The first-order valence-corrected chi connectivity index (χ1v) is 7.39. The number of rotatable bonds is 6. The molecule has 1 aromatic carbocycles. The molecular formula is C13H15ClFNO3S. The van der Waals surface area contributed by atoms with Gasteiger partial charge in [0.2, 0.25) is 5.91 Å². The number of ether oxygens (including phenoxy) is 1. The number of anilines is 1. The van der Waals surface area contributed by atoms with Gasteiger partial charge in [-0.15, -0.1) is 11.8 Å². The van der Waals surface area contributed by atoms with Crippen LogP contribution in [-0.4, -0.2) is 29.5 Å². The fourth-order valence-corrected chi connectivity index (χ4v) is 2.19. The minimum atomic E-state index is -0.474. The molecule has 4 nitrogen and oxygen atoms in total. The van der Waals surface area contributed by atoms with E-state index in [1.807, 2.05) is 0 Å². The summed E-state index contributed by atoms with van der Waals surface area (Å²) in [7, 11) is 0. The SMILES string of the molecule is CCOC(=O)CS[C@H](C)C(=O)Nc1ccc(F)cc1Cl. The van der Waals surface area contributed by atoms with Gasteiger partial charge < -0.3 is 10.1 Å². The van der Waals surface area contributed by atoms with Crippen LogP contribution in [0.15, 0.2) is 18.2 Å². The van der Waals surface area contributed by atoms with Crippen LogP contribution in [0.3, 0.4) is 0 Å². The van der Waals surface area contributed by atoms with Gasteiger partial charge in [0.05, 0.1) is 28.3 Å². The van der Waals surface area contributed by atoms with E-state index in [0.29, 0.717) is 12.3 Å². The molecule has 20 heavy (non-hydrogen) atoms. The number of halogens is 2. The molecular weight excluding hydrogens is 305 g/mol. The van der Waals surface area contributed by atoms with Crippen LogP contribution in [0.25, 0.3) is 0 Å². The van der Waals surface area contributed by atoms with Gasteiger partial charge in [-0.2, -0.15) is 0 Å². The maximum Gasteiger partial charge on any atom is 0.315 e. The predicted molar refractivity (Wildman–Crippen MR) is 78.6 cm³/mol. The van der Waals surface area contributed by atoms with Crippen molar-refractivity contribution in [1.29, 1.82) is 0 Å². The van der Waals surface area contributed by atoms with Crippen LogP contribution in [0.5, 0.6) is 0 Å². The molecule has 0 radical (unpaired) electrons. The molecule has 0 bridgehead atoms. The Labute approximate surface area is 126 Å². The minimum absolute atomic E-state index is 0.0968. The molecule has 1 atom stereocenters. The summed E-state index contributed by atoms with van der Waals surface area (Å²) in [5.74, 6) is -1.05. The van der Waals surface area contributed by atoms with Gasteiger partial charge in [0.1, 0.15) is 5.82 Å². The van der Waals surface area contributed by atoms with Crippen LogP contribution in [0, 0.1) is 5.82 Å². The summed E-state index contributed by atoms with van der Waals surface area (Å²) in [6.45, 7) is 3.69. The van der Waals surface area contributed by atoms with E-state index in [9.17, 15) is 14.0 Å². The monoisotopic (exact) mass is 319 g/mol. The second-order valence-electron chi connectivity index (χ2n) is 3.87. The first kappa shape index (κ1) is 16.8. The summed E-state index contributed by atoms with van der Waals surface area (Å²) in [5, 5.41) is 2.25. The molecule has 0 saturated carbocycles. The van der Waals surface area contributed by atoms with Gasteiger partial charge >= 0.3 is 5.97 Å². The first-order chi connectivity index (χ1) is 9.43. The lowest BCUT2D eigenvalue weighted by molar-refractivity contribution is -0.139. The molecule has 0 unspecified atom stereocenters. The molecule has 0 aliphatic rings. The summed E-state index contributed by atoms with van der Waals surface area (Å²) in [6.07, 6.45) is 0. The molecule has 0 saturated heterocycles. The third-order valence-corrected chi connectivity index (χ3v) is 3.74. The molecule has 7 heteroatoms. The fourth-order valence-electron chi connectivity index (χ4n) is 1.30. The molecule has 1 N–H and O–H groups in total.